The molecule has 0 spiro atoms. The van der Waals surface area contributed by atoms with Crippen LogP contribution in [0.4, 0.5) is 20.4 Å². The zero-order chi connectivity index (χ0) is 19.7. The minimum absolute atomic E-state index is 0.0623. The van der Waals surface area contributed by atoms with Crippen LogP contribution < -0.4 is 5.32 Å². The van der Waals surface area contributed by atoms with E-state index in [0.29, 0.717) is 23.5 Å². The van der Waals surface area contributed by atoms with Crippen molar-refractivity contribution >= 4 is 17.5 Å². The van der Waals surface area contributed by atoms with Crippen LogP contribution in [0.2, 0.25) is 0 Å². The van der Waals surface area contributed by atoms with Gasteiger partial charge < -0.3 is 10.2 Å². The standard InChI is InChI=1S/C21H24F2N4O/c1-13(28)27-8-5-14(6-9-27)17-10-18(15-2-3-15)25-20(12-17)26-19-11-16(21(22)23)4-7-24-19/h4,7,10-12,14-15,21H,2-3,5-6,8-9H2,1H3,(H,24,25,26). The highest BCUT2D eigenvalue weighted by Crippen LogP contribution is 2.41. The first kappa shape index (κ1) is 18.8. The van der Waals surface area contributed by atoms with Crippen LogP contribution in [0.5, 0.6) is 0 Å². The number of anilines is 2. The van der Waals surface area contributed by atoms with Crippen LogP contribution in [-0.4, -0.2) is 33.9 Å². The van der Waals surface area contributed by atoms with Crippen LogP contribution in [-0.2, 0) is 4.79 Å². The predicted octanol–water partition coefficient (Wildman–Crippen LogP) is 4.76. The molecule has 1 aliphatic carbocycles. The number of amides is 1. The van der Waals surface area contributed by atoms with E-state index >= 15 is 0 Å². The summed E-state index contributed by atoms with van der Waals surface area (Å²) in [5.74, 6) is 2.00. The molecule has 1 saturated carbocycles. The van der Waals surface area contributed by atoms with Crippen molar-refractivity contribution < 1.29 is 13.6 Å². The molecule has 0 atom stereocenters. The zero-order valence-electron chi connectivity index (χ0n) is 15.9. The molecule has 1 N–H and O–H groups in total. The average molecular weight is 386 g/mol. The molecule has 1 saturated heterocycles. The summed E-state index contributed by atoms with van der Waals surface area (Å²) in [5.41, 5.74) is 2.19. The SMILES string of the molecule is CC(=O)N1CCC(c2cc(Nc3cc(C(F)F)ccn3)nc(C3CC3)c2)CC1. The summed E-state index contributed by atoms with van der Waals surface area (Å²) in [5, 5.41) is 3.11. The molecule has 148 valence electrons. The molecule has 2 aromatic heterocycles. The van der Waals surface area contributed by atoms with E-state index in [1.165, 1.54) is 23.9 Å². The van der Waals surface area contributed by atoms with Crippen LogP contribution >= 0.6 is 0 Å². The minimum Gasteiger partial charge on any atom is -0.343 e. The Morgan fingerprint density at radius 2 is 1.86 bits per heavy atom. The molecule has 1 aliphatic heterocycles. The molecule has 3 heterocycles. The lowest BCUT2D eigenvalue weighted by atomic mass is 9.89. The predicted molar refractivity (Wildman–Crippen MR) is 103 cm³/mol. The number of rotatable bonds is 5. The highest BCUT2D eigenvalue weighted by molar-refractivity contribution is 5.73. The molecule has 4 rings (SSSR count). The number of piperidine rings is 1. The van der Waals surface area contributed by atoms with Crippen LogP contribution in [0.3, 0.4) is 0 Å². The first-order chi connectivity index (χ1) is 13.5. The van der Waals surface area contributed by atoms with Crippen LogP contribution in [0, 0.1) is 0 Å². The third-order valence-corrected chi connectivity index (χ3v) is 5.57. The number of nitrogens with zero attached hydrogens (tertiary/aromatic N) is 3. The molecule has 0 aromatic carbocycles. The molecule has 2 fully saturated rings. The number of likely N-dealkylation sites (tertiary alicyclic amines) is 1. The van der Waals surface area contributed by atoms with Gasteiger partial charge in [-0.05, 0) is 61.4 Å². The number of halogens is 2. The van der Waals surface area contributed by atoms with E-state index in [4.69, 9.17) is 4.98 Å². The quantitative estimate of drug-likeness (QED) is 0.805. The smallest absolute Gasteiger partial charge is 0.264 e. The molecule has 1 amide bonds. The van der Waals surface area contributed by atoms with Gasteiger partial charge >= 0.3 is 0 Å². The Bertz CT molecular complexity index is 861. The number of carbonyl (C=O) groups is 1. The normalized spacial score (nSPS) is 17.8. The summed E-state index contributed by atoms with van der Waals surface area (Å²) in [6.07, 6.45) is 2.97. The van der Waals surface area contributed by atoms with Gasteiger partial charge in [0.25, 0.3) is 6.43 Å². The summed E-state index contributed by atoms with van der Waals surface area (Å²) in [6.45, 7) is 3.14. The van der Waals surface area contributed by atoms with Crippen LogP contribution in [0.15, 0.2) is 30.5 Å². The van der Waals surface area contributed by atoms with Crippen molar-refractivity contribution in [3.8, 4) is 0 Å². The Balaban J connectivity index is 1.56. The topological polar surface area (TPSA) is 58.1 Å². The van der Waals surface area contributed by atoms with Crippen LogP contribution in [0.25, 0.3) is 0 Å². The summed E-state index contributed by atoms with van der Waals surface area (Å²) >= 11 is 0. The fourth-order valence-electron chi connectivity index (χ4n) is 3.77. The Morgan fingerprint density at radius 1 is 1.11 bits per heavy atom. The lowest BCUT2D eigenvalue weighted by Crippen LogP contribution is -2.36. The van der Waals surface area contributed by atoms with Crippen molar-refractivity contribution in [2.45, 2.75) is 50.9 Å². The molecule has 5 nitrogen and oxygen atoms in total. The van der Waals surface area contributed by atoms with Gasteiger partial charge in [0.1, 0.15) is 11.6 Å². The summed E-state index contributed by atoms with van der Waals surface area (Å²) < 4.78 is 25.9. The molecule has 2 aromatic rings. The Kier molecular flexibility index (Phi) is 5.24. The van der Waals surface area contributed by atoms with E-state index in [1.807, 2.05) is 11.0 Å². The van der Waals surface area contributed by atoms with Crippen molar-refractivity contribution in [1.82, 2.24) is 14.9 Å². The van der Waals surface area contributed by atoms with E-state index in [2.05, 4.69) is 16.4 Å². The Labute approximate surface area is 163 Å². The summed E-state index contributed by atoms with van der Waals surface area (Å²) in [7, 11) is 0. The van der Waals surface area contributed by atoms with Gasteiger partial charge in [-0.2, -0.15) is 0 Å². The van der Waals surface area contributed by atoms with E-state index in [0.717, 1.165) is 44.5 Å². The van der Waals surface area contributed by atoms with E-state index in [-0.39, 0.29) is 11.5 Å². The fraction of sp³-hybridized carbons (Fsp3) is 0.476. The molecule has 0 unspecified atom stereocenters. The first-order valence-electron chi connectivity index (χ1n) is 9.78. The number of alkyl halides is 2. The molecule has 0 radical (unpaired) electrons. The summed E-state index contributed by atoms with van der Waals surface area (Å²) in [6, 6.07) is 6.86. The van der Waals surface area contributed by atoms with Gasteiger partial charge in [0.2, 0.25) is 5.91 Å². The van der Waals surface area contributed by atoms with Crippen molar-refractivity contribution in [2.24, 2.45) is 0 Å². The van der Waals surface area contributed by atoms with Gasteiger partial charge in [-0.25, -0.2) is 18.7 Å². The van der Waals surface area contributed by atoms with Crippen molar-refractivity contribution in [1.29, 1.82) is 0 Å². The second-order valence-electron chi connectivity index (χ2n) is 7.67. The number of hydrogen-bond donors (Lipinski definition) is 1. The molecule has 2 aliphatic rings. The Hall–Kier alpha value is -2.57. The van der Waals surface area contributed by atoms with Gasteiger partial charge in [-0.15, -0.1) is 0 Å². The van der Waals surface area contributed by atoms with Crippen LogP contribution in [0.1, 0.15) is 67.7 Å². The van der Waals surface area contributed by atoms with Gasteiger partial charge in [0, 0.05) is 43.4 Å². The number of nitrogens with one attached hydrogen (secondary N) is 1. The number of hydrogen-bond acceptors (Lipinski definition) is 4. The van der Waals surface area contributed by atoms with Crippen molar-refractivity contribution in [3.05, 3.63) is 47.3 Å². The summed E-state index contributed by atoms with van der Waals surface area (Å²) in [4.78, 5) is 22.3. The molecule has 28 heavy (non-hydrogen) atoms. The second kappa shape index (κ2) is 7.81. The maximum Gasteiger partial charge on any atom is 0.264 e. The third-order valence-electron chi connectivity index (χ3n) is 5.57. The van der Waals surface area contributed by atoms with Crippen molar-refractivity contribution in [2.75, 3.05) is 18.4 Å². The molecule has 7 heteroatoms. The maximum atomic E-state index is 13.0. The van der Waals surface area contributed by atoms with Crippen molar-refractivity contribution in [3.63, 3.8) is 0 Å². The van der Waals surface area contributed by atoms with Gasteiger partial charge in [0.15, 0.2) is 0 Å². The molecular formula is C21H24F2N4O. The van der Waals surface area contributed by atoms with E-state index in [1.54, 1.807) is 6.92 Å². The second-order valence-corrected chi connectivity index (χ2v) is 7.67. The highest BCUT2D eigenvalue weighted by atomic mass is 19.3. The number of pyridine rings is 2. The molecular weight excluding hydrogens is 362 g/mol. The zero-order valence-corrected chi connectivity index (χ0v) is 15.9. The largest absolute Gasteiger partial charge is 0.343 e. The maximum absolute atomic E-state index is 13.0. The number of carbonyl (C=O) groups excluding carboxylic acids is 1. The van der Waals surface area contributed by atoms with Gasteiger partial charge in [-0.3, -0.25) is 4.79 Å². The van der Waals surface area contributed by atoms with Gasteiger partial charge in [-0.1, -0.05) is 0 Å². The van der Waals surface area contributed by atoms with E-state index in [9.17, 15) is 13.6 Å². The first-order valence-corrected chi connectivity index (χ1v) is 9.78. The number of aromatic nitrogens is 2. The fourth-order valence-corrected chi connectivity index (χ4v) is 3.77. The van der Waals surface area contributed by atoms with E-state index < -0.39 is 6.43 Å². The molecule has 0 bridgehead atoms. The lowest BCUT2D eigenvalue weighted by molar-refractivity contribution is -0.129. The van der Waals surface area contributed by atoms with Gasteiger partial charge in [0.05, 0.1) is 0 Å². The highest BCUT2D eigenvalue weighted by Gasteiger charge is 2.28. The average Bonchev–Trinajstić information content (AvgIpc) is 3.53. The lowest BCUT2D eigenvalue weighted by Gasteiger charge is -2.31. The Morgan fingerprint density at radius 3 is 2.50 bits per heavy atom. The third kappa shape index (κ3) is 4.29. The monoisotopic (exact) mass is 386 g/mol. The minimum atomic E-state index is -2.53.